The van der Waals surface area contributed by atoms with Gasteiger partial charge < -0.3 is 20.7 Å². The van der Waals surface area contributed by atoms with E-state index in [0.717, 1.165) is 0 Å². The molecule has 0 bridgehead atoms. The summed E-state index contributed by atoms with van der Waals surface area (Å²) in [6.45, 7) is 8.88. The molecule has 2 rings (SSSR count). The van der Waals surface area contributed by atoms with Crippen LogP contribution in [-0.2, 0) is 9.53 Å². The van der Waals surface area contributed by atoms with Gasteiger partial charge in [-0.25, -0.2) is 9.59 Å². The number of esters is 1. The van der Waals surface area contributed by atoms with Crippen LogP contribution < -0.4 is 16.0 Å². The molecule has 2 amide bonds. The van der Waals surface area contributed by atoms with Gasteiger partial charge >= 0.3 is 12.0 Å². The third-order valence-corrected chi connectivity index (χ3v) is 4.63. The van der Waals surface area contributed by atoms with Gasteiger partial charge in [-0.15, -0.1) is 0 Å². The van der Waals surface area contributed by atoms with Crippen LogP contribution in [0.2, 0.25) is 0 Å². The highest BCUT2D eigenvalue weighted by Gasteiger charge is 2.33. The lowest BCUT2D eigenvalue weighted by Gasteiger charge is -2.29. The number of hydrogen-bond acceptors (Lipinski definition) is 3. The molecular formula is C20H30N3O3+. The van der Waals surface area contributed by atoms with Crippen molar-refractivity contribution in [2.75, 3.05) is 13.2 Å². The molecule has 0 aliphatic carbocycles. The van der Waals surface area contributed by atoms with E-state index in [1.165, 1.54) is 5.56 Å². The van der Waals surface area contributed by atoms with Crippen LogP contribution in [0.3, 0.4) is 0 Å². The average Bonchev–Trinajstić information content (AvgIpc) is 2.62. The second-order valence-electron chi connectivity index (χ2n) is 6.79. The zero-order valence-electron chi connectivity index (χ0n) is 16.0. The topological polar surface area (TPSA) is 84.0 Å². The van der Waals surface area contributed by atoms with Crippen molar-refractivity contribution in [2.45, 2.75) is 46.2 Å². The van der Waals surface area contributed by atoms with Gasteiger partial charge in [0, 0.05) is 11.5 Å². The zero-order chi connectivity index (χ0) is 19.1. The summed E-state index contributed by atoms with van der Waals surface area (Å²) in [6, 6.07) is 9.92. The highest BCUT2D eigenvalue weighted by atomic mass is 16.5. The van der Waals surface area contributed by atoms with Crippen molar-refractivity contribution in [2.24, 2.45) is 5.92 Å². The first-order valence-electron chi connectivity index (χ1n) is 9.33. The van der Waals surface area contributed by atoms with E-state index in [1.807, 2.05) is 25.1 Å². The quantitative estimate of drug-likeness (QED) is 0.619. The Kier molecular flexibility index (Phi) is 7.21. The van der Waals surface area contributed by atoms with E-state index in [9.17, 15) is 9.59 Å². The van der Waals surface area contributed by atoms with E-state index in [-0.39, 0.29) is 24.1 Å². The molecule has 142 valence electrons. The number of ether oxygens (including phenoxy) is 1. The lowest BCUT2D eigenvalue weighted by molar-refractivity contribution is -0.696. The summed E-state index contributed by atoms with van der Waals surface area (Å²) in [5, 5.41) is 7.79. The Morgan fingerprint density at radius 3 is 2.50 bits per heavy atom. The monoisotopic (exact) mass is 360 g/mol. The first-order chi connectivity index (χ1) is 12.5. The number of carbonyl (C=O) groups is 2. The van der Waals surface area contributed by atoms with Gasteiger partial charge in [-0.1, -0.05) is 51.1 Å². The van der Waals surface area contributed by atoms with Crippen molar-refractivity contribution in [1.82, 2.24) is 10.6 Å². The van der Waals surface area contributed by atoms with E-state index < -0.39 is 0 Å². The van der Waals surface area contributed by atoms with Crippen LogP contribution >= 0.6 is 0 Å². The molecule has 1 aliphatic heterocycles. The zero-order valence-corrected chi connectivity index (χ0v) is 16.0. The van der Waals surface area contributed by atoms with Crippen LogP contribution in [0.15, 0.2) is 41.6 Å². The highest BCUT2D eigenvalue weighted by molar-refractivity contribution is 5.94. The largest absolute Gasteiger partial charge is 0.463 e. The Morgan fingerprint density at radius 1 is 1.23 bits per heavy atom. The van der Waals surface area contributed by atoms with Crippen LogP contribution in [-0.4, -0.2) is 31.2 Å². The number of nitrogens with two attached hydrogens (primary N) is 1. The molecule has 4 N–H and O–H groups in total. The summed E-state index contributed by atoms with van der Waals surface area (Å²) in [4.78, 5) is 24.4. The number of nitrogens with one attached hydrogen (secondary N) is 2. The van der Waals surface area contributed by atoms with Crippen molar-refractivity contribution in [3.63, 3.8) is 0 Å². The minimum atomic E-state index is -0.365. The van der Waals surface area contributed by atoms with Crippen molar-refractivity contribution >= 4 is 12.0 Å². The Hall–Kier alpha value is -2.34. The fourth-order valence-electron chi connectivity index (χ4n) is 3.34. The molecule has 6 nitrogen and oxygen atoms in total. The Morgan fingerprint density at radius 2 is 1.92 bits per heavy atom. The van der Waals surface area contributed by atoms with E-state index in [1.54, 1.807) is 6.92 Å². The van der Waals surface area contributed by atoms with Gasteiger partial charge in [0.2, 0.25) is 0 Å². The molecule has 1 aliphatic rings. The predicted molar refractivity (Wildman–Crippen MR) is 100 cm³/mol. The third kappa shape index (κ3) is 4.85. The van der Waals surface area contributed by atoms with Gasteiger partial charge in [0.1, 0.15) is 12.6 Å². The number of quaternary nitrogens is 1. The number of urea groups is 1. The molecule has 0 aromatic heterocycles. The number of carbonyl (C=O) groups excluding carboxylic acids is 2. The highest BCUT2D eigenvalue weighted by Crippen LogP contribution is 2.19. The normalized spacial score (nSPS) is 18.3. The Bertz CT molecular complexity index is 656. The first kappa shape index (κ1) is 20.0. The van der Waals surface area contributed by atoms with Crippen LogP contribution in [0.25, 0.3) is 0 Å². The summed E-state index contributed by atoms with van der Waals surface area (Å²) in [7, 11) is 0. The number of rotatable bonds is 8. The van der Waals surface area contributed by atoms with Crippen molar-refractivity contribution in [3.8, 4) is 0 Å². The first-order valence-corrected chi connectivity index (χ1v) is 9.33. The smallest absolute Gasteiger partial charge is 0.338 e. The molecule has 1 aromatic carbocycles. The van der Waals surface area contributed by atoms with Crippen molar-refractivity contribution < 1.29 is 19.6 Å². The molecule has 0 radical (unpaired) electrons. The molecular weight excluding hydrogens is 330 g/mol. The van der Waals surface area contributed by atoms with Gasteiger partial charge in [0.25, 0.3) is 0 Å². The number of benzene rings is 1. The standard InChI is InChI=1S/C20H29N3O3/c1-5-15-17(19(24)26-6-2)16(23-20(25)22-15)12-21-18(13(3)4)14-10-8-7-9-11-14/h7-11,13,15,18,21H,5-6,12H2,1-4H3,(H2,22,23,25)/p+1/t15-,18-/m1/s1. The second kappa shape index (κ2) is 9.38. The van der Waals surface area contributed by atoms with Crippen LogP contribution in [0, 0.1) is 5.92 Å². The Labute approximate surface area is 155 Å². The van der Waals surface area contributed by atoms with Crippen LogP contribution in [0.4, 0.5) is 4.79 Å². The maximum atomic E-state index is 12.4. The molecule has 2 atom stereocenters. The van der Waals surface area contributed by atoms with Gasteiger partial charge in [-0.05, 0) is 13.3 Å². The number of amides is 2. The molecule has 0 unspecified atom stereocenters. The predicted octanol–water partition coefficient (Wildman–Crippen LogP) is 1.86. The van der Waals surface area contributed by atoms with E-state index in [4.69, 9.17) is 4.74 Å². The van der Waals surface area contributed by atoms with E-state index in [0.29, 0.717) is 36.8 Å². The molecule has 1 heterocycles. The molecule has 0 saturated carbocycles. The Balaban J connectivity index is 2.26. The number of hydrogen-bond donors (Lipinski definition) is 3. The fraction of sp³-hybridized carbons (Fsp3) is 0.500. The van der Waals surface area contributed by atoms with Gasteiger partial charge in [0.05, 0.1) is 23.9 Å². The maximum Gasteiger partial charge on any atom is 0.338 e. The molecule has 0 fully saturated rings. The molecule has 0 saturated heterocycles. The van der Waals surface area contributed by atoms with Crippen LogP contribution in [0.1, 0.15) is 45.7 Å². The van der Waals surface area contributed by atoms with Crippen molar-refractivity contribution in [1.29, 1.82) is 0 Å². The molecule has 1 aromatic rings. The molecule has 26 heavy (non-hydrogen) atoms. The molecule has 0 spiro atoms. The SMILES string of the molecule is CCOC(=O)C1=C(C[NH2+][C@@H](c2ccccc2)C(C)C)NC(=O)N[C@@H]1CC. The fourth-order valence-corrected chi connectivity index (χ4v) is 3.34. The summed E-state index contributed by atoms with van der Waals surface area (Å²) in [6.07, 6.45) is 0.636. The third-order valence-electron chi connectivity index (χ3n) is 4.63. The van der Waals surface area contributed by atoms with Crippen LogP contribution in [0.5, 0.6) is 0 Å². The van der Waals surface area contributed by atoms with E-state index >= 15 is 0 Å². The minimum absolute atomic E-state index is 0.235. The molecule has 6 heteroatoms. The summed E-state index contributed by atoms with van der Waals surface area (Å²) in [5.74, 6) is 0.0412. The van der Waals surface area contributed by atoms with Gasteiger partial charge in [-0.2, -0.15) is 0 Å². The maximum absolute atomic E-state index is 12.4. The van der Waals surface area contributed by atoms with Gasteiger partial charge in [0.15, 0.2) is 0 Å². The van der Waals surface area contributed by atoms with E-state index in [2.05, 4.69) is 41.9 Å². The van der Waals surface area contributed by atoms with Crippen molar-refractivity contribution in [3.05, 3.63) is 47.2 Å². The van der Waals surface area contributed by atoms with Gasteiger partial charge in [-0.3, -0.25) is 0 Å². The summed E-state index contributed by atoms with van der Waals surface area (Å²) in [5.41, 5.74) is 2.40. The lowest BCUT2D eigenvalue weighted by atomic mass is 9.95. The minimum Gasteiger partial charge on any atom is -0.463 e. The second-order valence-corrected chi connectivity index (χ2v) is 6.79. The lowest BCUT2D eigenvalue weighted by Crippen LogP contribution is -2.87. The summed E-state index contributed by atoms with van der Waals surface area (Å²) >= 11 is 0. The average molecular weight is 360 g/mol. The summed E-state index contributed by atoms with van der Waals surface area (Å²) < 4.78 is 5.22.